The van der Waals surface area contributed by atoms with Gasteiger partial charge in [0.1, 0.15) is 11.4 Å². The summed E-state index contributed by atoms with van der Waals surface area (Å²) in [4.78, 5) is 0. The van der Waals surface area contributed by atoms with E-state index >= 15 is 0 Å². The second kappa shape index (κ2) is 3.58. The average molecular weight is 196 g/mol. The lowest BCUT2D eigenvalue weighted by molar-refractivity contribution is -0.0669. The van der Waals surface area contributed by atoms with Gasteiger partial charge in [0.25, 0.3) is 0 Å². The minimum atomic E-state index is -0.672. The Bertz CT molecular complexity index is 247. The van der Waals surface area contributed by atoms with E-state index in [0.717, 1.165) is 31.6 Å². The monoisotopic (exact) mass is 196 g/mol. The molecule has 1 saturated carbocycles. The zero-order chi connectivity index (χ0) is 10.2. The van der Waals surface area contributed by atoms with Gasteiger partial charge in [-0.25, -0.2) is 0 Å². The van der Waals surface area contributed by atoms with Crippen molar-refractivity contribution in [3.05, 3.63) is 11.8 Å². The van der Waals surface area contributed by atoms with E-state index in [4.69, 9.17) is 4.74 Å². The molecule has 0 bridgehead atoms. The zero-order valence-electron chi connectivity index (χ0n) is 9.12. The van der Waals surface area contributed by atoms with Crippen molar-refractivity contribution in [1.82, 2.24) is 0 Å². The first-order chi connectivity index (χ1) is 6.64. The molecule has 2 nitrogen and oxygen atoms in total. The van der Waals surface area contributed by atoms with Gasteiger partial charge >= 0.3 is 0 Å². The molecular weight excluding hydrogens is 176 g/mol. The molecule has 80 valence electrons. The second-order valence-electron chi connectivity index (χ2n) is 4.79. The molecule has 2 aliphatic rings. The van der Waals surface area contributed by atoms with Crippen LogP contribution < -0.4 is 0 Å². The van der Waals surface area contributed by atoms with Crippen molar-refractivity contribution < 1.29 is 9.84 Å². The lowest BCUT2D eigenvalue weighted by Crippen LogP contribution is -2.44. The normalized spacial score (nSPS) is 43.2. The first-order valence-corrected chi connectivity index (χ1v) is 5.70. The van der Waals surface area contributed by atoms with Crippen molar-refractivity contribution in [3.8, 4) is 0 Å². The lowest BCUT2D eigenvalue weighted by Gasteiger charge is -2.42. The molecule has 1 fully saturated rings. The van der Waals surface area contributed by atoms with E-state index in [2.05, 4.69) is 19.9 Å². The maximum atomic E-state index is 10.6. The van der Waals surface area contributed by atoms with Crippen molar-refractivity contribution >= 4 is 0 Å². The van der Waals surface area contributed by atoms with E-state index in [1.165, 1.54) is 6.42 Å². The van der Waals surface area contributed by atoms with E-state index in [0.29, 0.717) is 11.8 Å². The van der Waals surface area contributed by atoms with Gasteiger partial charge in [-0.2, -0.15) is 0 Å². The molecule has 3 atom stereocenters. The van der Waals surface area contributed by atoms with Crippen molar-refractivity contribution in [3.63, 3.8) is 0 Å². The van der Waals surface area contributed by atoms with Gasteiger partial charge in [0.15, 0.2) is 0 Å². The summed E-state index contributed by atoms with van der Waals surface area (Å²) < 4.78 is 5.53. The van der Waals surface area contributed by atoms with Crippen LogP contribution in [0.2, 0.25) is 0 Å². The van der Waals surface area contributed by atoms with Gasteiger partial charge in [0.05, 0.1) is 6.61 Å². The van der Waals surface area contributed by atoms with Crippen LogP contribution in [0.25, 0.3) is 0 Å². The predicted octanol–water partition coefficient (Wildman–Crippen LogP) is 2.48. The summed E-state index contributed by atoms with van der Waals surface area (Å²) in [6.07, 6.45) is 6.23. The first kappa shape index (κ1) is 10.0. The highest BCUT2D eigenvalue weighted by Crippen LogP contribution is 2.43. The molecule has 0 aromatic rings. The fraction of sp³-hybridized carbons (Fsp3) is 0.833. The third-order valence-corrected chi connectivity index (χ3v) is 3.96. The van der Waals surface area contributed by atoms with E-state index in [1.807, 2.05) is 0 Å². The minimum Gasteiger partial charge on any atom is -0.495 e. The van der Waals surface area contributed by atoms with Crippen molar-refractivity contribution in [2.75, 3.05) is 6.61 Å². The summed E-state index contributed by atoms with van der Waals surface area (Å²) in [5, 5.41) is 10.6. The van der Waals surface area contributed by atoms with Crippen LogP contribution in [0.3, 0.4) is 0 Å². The average Bonchev–Trinajstić information content (AvgIpc) is 2.67. The summed E-state index contributed by atoms with van der Waals surface area (Å²) in [7, 11) is 0. The molecule has 0 radical (unpaired) electrons. The van der Waals surface area contributed by atoms with Crippen LogP contribution in [-0.4, -0.2) is 17.3 Å². The van der Waals surface area contributed by atoms with Gasteiger partial charge in [0.2, 0.25) is 0 Å². The van der Waals surface area contributed by atoms with Crippen LogP contribution in [0, 0.1) is 11.8 Å². The van der Waals surface area contributed by atoms with Crippen LogP contribution >= 0.6 is 0 Å². The van der Waals surface area contributed by atoms with Gasteiger partial charge in [-0.1, -0.05) is 20.3 Å². The summed E-state index contributed by atoms with van der Waals surface area (Å²) in [6, 6.07) is 0. The molecule has 0 amide bonds. The summed E-state index contributed by atoms with van der Waals surface area (Å²) in [6.45, 7) is 5.12. The number of hydrogen-bond acceptors (Lipinski definition) is 2. The maximum absolute atomic E-state index is 10.6. The highest BCUT2D eigenvalue weighted by molar-refractivity contribution is 5.16. The van der Waals surface area contributed by atoms with E-state index in [9.17, 15) is 5.11 Å². The SMILES string of the molecule is CC1CCCC(O)(C2=CCCO2)C1C. The van der Waals surface area contributed by atoms with E-state index in [1.54, 1.807) is 0 Å². The van der Waals surface area contributed by atoms with Gasteiger partial charge in [-0.3, -0.25) is 0 Å². The summed E-state index contributed by atoms with van der Waals surface area (Å²) in [5.41, 5.74) is -0.672. The van der Waals surface area contributed by atoms with Crippen LogP contribution in [0.5, 0.6) is 0 Å². The Hall–Kier alpha value is -0.500. The molecule has 0 saturated heterocycles. The highest BCUT2D eigenvalue weighted by atomic mass is 16.5. The third kappa shape index (κ3) is 1.46. The maximum Gasteiger partial charge on any atom is 0.124 e. The van der Waals surface area contributed by atoms with E-state index in [-0.39, 0.29) is 0 Å². The van der Waals surface area contributed by atoms with Crippen LogP contribution in [0.4, 0.5) is 0 Å². The Morgan fingerprint density at radius 1 is 1.50 bits per heavy atom. The quantitative estimate of drug-likeness (QED) is 0.698. The molecule has 1 heterocycles. The molecule has 1 N–H and O–H groups in total. The number of rotatable bonds is 1. The Labute approximate surface area is 86.0 Å². The van der Waals surface area contributed by atoms with Gasteiger partial charge in [-0.05, 0) is 30.8 Å². The molecule has 0 aromatic heterocycles. The fourth-order valence-corrected chi connectivity index (χ4v) is 2.71. The largest absolute Gasteiger partial charge is 0.495 e. The Morgan fingerprint density at radius 2 is 2.29 bits per heavy atom. The number of ether oxygens (including phenoxy) is 1. The number of aliphatic hydroxyl groups is 1. The predicted molar refractivity (Wildman–Crippen MR) is 55.8 cm³/mol. The molecule has 3 unspecified atom stereocenters. The highest BCUT2D eigenvalue weighted by Gasteiger charge is 2.44. The lowest BCUT2D eigenvalue weighted by atomic mass is 9.69. The van der Waals surface area contributed by atoms with Crippen LogP contribution in [0.1, 0.15) is 39.5 Å². The third-order valence-electron chi connectivity index (χ3n) is 3.96. The Balaban J connectivity index is 2.19. The molecule has 1 aliphatic carbocycles. The topological polar surface area (TPSA) is 29.5 Å². The first-order valence-electron chi connectivity index (χ1n) is 5.70. The van der Waals surface area contributed by atoms with Crippen LogP contribution in [0.15, 0.2) is 11.8 Å². The van der Waals surface area contributed by atoms with Crippen molar-refractivity contribution in [1.29, 1.82) is 0 Å². The minimum absolute atomic E-state index is 0.320. The van der Waals surface area contributed by atoms with Gasteiger partial charge in [-0.15, -0.1) is 0 Å². The van der Waals surface area contributed by atoms with Gasteiger partial charge < -0.3 is 9.84 Å². The molecule has 2 rings (SSSR count). The zero-order valence-corrected chi connectivity index (χ0v) is 9.12. The smallest absolute Gasteiger partial charge is 0.124 e. The standard InChI is InChI=1S/C12H20O2/c1-9-5-3-7-12(13,10(9)2)11-6-4-8-14-11/h6,9-10,13H,3-5,7-8H2,1-2H3. The summed E-state index contributed by atoms with van der Waals surface area (Å²) >= 11 is 0. The van der Waals surface area contributed by atoms with E-state index < -0.39 is 5.60 Å². The Kier molecular flexibility index (Phi) is 2.56. The molecule has 0 spiro atoms. The summed E-state index contributed by atoms with van der Waals surface area (Å²) in [5.74, 6) is 1.76. The molecular formula is C12H20O2. The second-order valence-corrected chi connectivity index (χ2v) is 4.79. The Morgan fingerprint density at radius 3 is 2.93 bits per heavy atom. The van der Waals surface area contributed by atoms with Crippen molar-refractivity contribution in [2.45, 2.75) is 45.1 Å². The van der Waals surface area contributed by atoms with Crippen molar-refractivity contribution in [2.24, 2.45) is 11.8 Å². The molecule has 14 heavy (non-hydrogen) atoms. The fourth-order valence-electron chi connectivity index (χ4n) is 2.71. The molecule has 0 aromatic carbocycles. The molecule has 1 aliphatic heterocycles. The van der Waals surface area contributed by atoms with Gasteiger partial charge in [0, 0.05) is 6.42 Å². The number of hydrogen-bond donors (Lipinski definition) is 1. The van der Waals surface area contributed by atoms with Crippen LogP contribution in [-0.2, 0) is 4.74 Å². The molecule has 2 heteroatoms.